The Morgan fingerprint density at radius 3 is 2.76 bits per heavy atom. The molecule has 2 aromatic carbocycles. The lowest BCUT2D eigenvalue weighted by Gasteiger charge is -2.13. The van der Waals surface area contributed by atoms with Crippen molar-refractivity contribution in [3.05, 3.63) is 59.3 Å². The third-order valence-electron chi connectivity index (χ3n) is 4.34. The lowest BCUT2D eigenvalue weighted by atomic mass is 10.1. The molecule has 0 spiro atoms. The van der Waals surface area contributed by atoms with Crippen LogP contribution < -0.4 is 10.2 Å². The van der Waals surface area contributed by atoms with Crippen LogP contribution in [0.2, 0.25) is 0 Å². The molecule has 0 fully saturated rings. The zero-order valence-electron chi connectivity index (χ0n) is 14.8. The zero-order chi connectivity index (χ0) is 18.0. The number of phenolic OH excluding ortho intramolecular Hbond substituents is 1. The molecule has 0 atom stereocenters. The average Bonchev–Trinajstić information content (AvgIpc) is 2.97. The van der Waals surface area contributed by atoms with E-state index in [-0.39, 0.29) is 11.7 Å². The number of nitrogens with zero attached hydrogens (tertiary/aromatic N) is 1. The van der Waals surface area contributed by atoms with Crippen molar-refractivity contribution in [3.8, 4) is 5.75 Å². The van der Waals surface area contributed by atoms with Gasteiger partial charge in [-0.3, -0.25) is 4.79 Å². The molecule has 0 aliphatic rings. The minimum absolute atomic E-state index is 0.0141. The molecule has 25 heavy (non-hydrogen) atoms. The number of fused-ring (bicyclic) bond motifs is 1. The molecule has 0 saturated heterocycles. The fraction of sp³-hybridized carbons (Fsp3) is 0.250. The Bertz CT molecular complexity index is 912. The van der Waals surface area contributed by atoms with Crippen LogP contribution in [0.25, 0.3) is 10.9 Å². The molecular formula is C20H23N3O2. The van der Waals surface area contributed by atoms with Crippen molar-refractivity contribution in [1.29, 1.82) is 0 Å². The van der Waals surface area contributed by atoms with Gasteiger partial charge in [0, 0.05) is 32.2 Å². The topological polar surface area (TPSA) is 68.4 Å². The highest BCUT2D eigenvalue weighted by Gasteiger charge is 2.12. The molecule has 0 saturated carbocycles. The predicted molar refractivity (Wildman–Crippen MR) is 102 cm³/mol. The van der Waals surface area contributed by atoms with Crippen molar-refractivity contribution in [2.24, 2.45) is 0 Å². The van der Waals surface area contributed by atoms with E-state index < -0.39 is 0 Å². The Balaban J connectivity index is 1.69. The molecule has 3 N–H and O–H groups in total. The van der Waals surface area contributed by atoms with Gasteiger partial charge in [0.2, 0.25) is 0 Å². The number of anilines is 1. The van der Waals surface area contributed by atoms with Gasteiger partial charge in [-0.25, -0.2) is 0 Å². The fourth-order valence-electron chi connectivity index (χ4n) is 3.02. The Labute approximate surface area is 147 Å². The fourth-order valence-corrected chi connectivity index (χ4v) is 3.02. The van der Waals surface area contributed by atoms with Crippen LogP contribution in [0.3, 0.4) is 0 Å². The Morgan fingerprint density at radius 2 is 2.04 bits per heavy atom. The van der Waals surface area contributed by atoms with Crippen LogP contribution in [0.1, 0.15) is 21.5 Å². The minimum Gasteiger partial charge on any atom is -0.507 e. The van der Waals surface area contributed by atoms with E-state index in [0.717, 1.165) is 28.8 Å². The van der Waals surface area contributed by atoms with Crippen molar-refractivity contribution < 1.29 is 9.90 Å². The van der Waals surface area contributed by atoms with E-state index in [9.17, 15) is 9.90 Å². The number of rotatable bonds is 5. The Kier molecular flexibility index (Phi) is 4.65. The van der Waals surface area contributed by atoms with Gasteiger partial charge in [-0.2, -0.15) is 0 Å². The first kappa shape index (κ1) is 16.9. The number of para-hydroxylation sites is 1. The van der Waals surface area contributed by atoms with E-state index >= 15 is 0 Å². The van der Waals surface area contributed by atoms with Crippen LogP contribution in [0, 0.1) is 6.92 Å². The SMILES string of the molecule is Cc1ccc(C(=O)NCCc2c[nH]c3c(N(C)C)cccc23)c(O)c1. The molecule has 130 valence electrons. The van der Waals surface area contributed by atoms with Gasteiger partial charge < -0.3 is 20.3 Å². The number of nitrogens with one attached hydrogen (secondary N) is 2. The first-order valence-corrected chi connectivity index (χ1v) is 8.31. The lowest BCUT2D eigenvalue weighted by Crippen LogP contribution is -2.25. The van der Waals surface area contributed by atoms with Gasteiger partial charge in [0.1, 0.15) is 5.75 Å². The third kappa shape index (κ3) is 3.45. The molecular weight excluding hydrogens is 314 g/mol. The highest BCUT2D eigenvalue weighted by atomic mass is 16.3. The summed E-state index contributed by atoms with van der Waals surface area (Å²) in [4.78, 5) is 17.6. The summed E-state index contributed by atoms with van der Waals surface area (Å²) in [6.45, 7) is 2.38. The highest BCUT2D eigenvalue weighted by molar-refractivity contribution is 5.97. The lowest BCUT2D eigenvalue weighted by molar-refractivity contribution is 0.0951. The maximum atomic E-state index is 12.2. The summed E-state index contributed by atoms with van der Waals surface area (Å²) >= 11 is 0. The van der Waals surface area contributed by atoms with Crippen LogP contribution in [0.4, 0.5) is 5.69 Å². The minimum atomic E-state index is -0.258. The second-order valence-corrected chi connectivity index (χ2v) is 6.43. The highest BCUT2D eigenvalue weighted by Crippen LogP contribution is 2.27. The van der Waals surface area contributed by atoms with Crippen molar-refractivity contribution in [2.75, 3.05) is 25.5 Å². The maximum Gasteiger partial charge on any atom is 0.255 e. The van der Waals surface area contributed by atoms with Gasteiger partial charge in [0.25, 0.3) is 5.91 Å². The molecule has 0 aliphatic heterocycles. The molecule has 1 amide bonds. The number of carbonyl (C=O) groups excluding carboxylic acids is 1. The Morgan fingerprint density at radius 1 is 1.24 bits per heavy atom. The van der Waals surface area contributed by atoms with Gasteiger partial charge >= 0.3 is 0 Å². The zero-order valence-corrected chi connectivity index (χ0v) is 14.8. The van der Waals surface area contributed by atoms with E-state index in [1.807, 2.05) is 39.3 Å². The van der Waals surface area contributed by atoms with Gasteiger partial charge in [-0.15, -0.1) is 0 Å². The van der Waals surface area contributed by atoms with Gasteiger partial charge in [0.15, 0.2) is 0 Å². The predicted octanol–water partition coefficient (Wildman–Crippen LogP) is 3.22. The monoisotopic (exact) mass is 337 g/mol. The molecule has 3 aromatic rings. The van der Waals surface area contributed by atoms with Crippen molar-refractivity contribution in [3.63, 3.8) is 0 Å². The molecule has 0 radical (unpaired) electrons. The van der Waals surface area contributed by atoms with E-state index in [1.165, 1.54) is 5.39 Å². The first-order chi connectivity index (χ1) is 12.0. The summed E-state index contributed by atoms with van der Waals surface area (Å²) in [5.41, 5.74) is 4.62. The van der Waals surface area contributed by atoms with Gasteiger partial charge in [0.05, 0.1) is 16.8 Å². The number of aromatic hydroxyl groups is 1. The Hall–Kier alpha value is -2.95. The number of H-pyrrole nitrogens is 1. The summed E-state index contributed by atoms with van der Waals surface area (Å²) in [5.74, 6) is -0.244. The van der Waals surface area contributed by atoms with Crippen molar-refractivity contribution in [2.45, 2.75) is 13.3 Å². The molecule has 0 aliphatic carbocycles. The molecule has 1 heterocycles. The molecule has 1 aromatic heterocycles. The van der Waals surface area contributed by atoms with Crippen molar-refractivity contribution in [1.82, 2.24) is 10.3 Å². The standard InChI is InChI=1S/C20H23N3O2/c1-13-7-8-16(18(24)11-13)20(25)21-10-9-14-12-22-19-15(14)5-4-6-17(19)23(2)3/h4-8,11-12,22,24H,9-10H2,1-3H3,(H,21,25). The number of hydrogen-bond acceptors (Lipinski definition) is 3. The molecule has 0 bridgehead atoms. The summed E-state index contributed by atoms with van der Waals surface area (Å²) in [7, 11) is 4.03. The molecule has 0 unspecified atom stereocenters. The first-order valence-electron chi connectivity index (χ1n) is 8.31. The molecule has 5 heteroatoms. The largest absolute Gasteiger partial charge is 0.507 e. The van der Waals surface area contributed by atoms with Crippen LogP contribution in [0.15, 0.2) is 42.6 Å². The number of benzene rings is 2. The second kappa shape index (κ2) is 6.89. The summed E-state index contributed by atoms with van der Waals surface area (Å²) in [6, 6.07) is 11.3. The van der Waals surface area contributed by atoms with Gasteiger partial charge in [-0.05, 0) is 42.7 Å². The van der Waals surface area contributed by atoms with E-state index in [4.69, 9.17) is 0 Å². The van der Waals surface area contributed by atoms with Crippen LogP contribution in [0.5, 0.6) is 5.75 Å². The van der Waals surface area contributed by atoms with Crippen molar-refractivity contribution >= 4 is 22.5 Å². The van der Waals surface area contributed by atoms with Crippen LogP contribution in [-0.4, -0.2) is 36.6 Å². The van der Waals surface area contributed by atoms with E-state index in [1.54, 1.807) is 12.1 Å². The van der Waals surface area contributed by atoms with Crippen LogP contribution >= 0.6 is 0 Å². The average molecular weight is 337 g/mol. The second-order valence-electron chi connectivity index (χ2n) is 6.43. The summed E-state index contributed by atoms with van der Waals surface area (Å²) < 4.78 is 0. The summed E-state index contributed by atoms with van der Waals surface area (Å²) in [5, 5.41) is 13.9. The van der Waals surface area contributed by atoms with Crippen LogP contribution in [-0.2, 0) is 6.42 Å². The quantitative estimate of drug-likeness (QED) is 0.669. The number of hydrogen-bond donors (Lipinski definition) is 3. The molecule has 5 nitrogen and oxygen atoms in total. The number of aromatic nitrogens is 1. The number of phenols is 1. The third-order valence-corrected chi connectivity index (χ3v) is 4.34. The van der Waals surface area contributed by atoms with E-state index in [0.29, 0.717) is 12.1 Å². The summed E-state index contributed by atoms with van der Waals surface area (Å²) in [6.07, 6.45) is 2.71. The normalized spacial score (nSPS) is 10.8. The number of carbonyl (C=O) groups is 1. The molecule has 3 rings (SSSR count). The number of aryl methyl sites for hydroxylation is 1. The van der Waals surface area contributed by atoms with Gasteiger partial charge in [-0.1, -0.05) is 18.2 Å². The maximum absolute atomic E-state index is 12.2. The smallest absolute Gasteiger partial charge is 0.255 e. The van der Waals surface area contributed by atoms with E-state index in [2.05, 4.69) is 27.3 Å². The number of aromatic amines is 1. The number of amides is 1.